The largest absolute Gasteiger partial charge is 0.357 e. The third-order valence-corrected chi connectivity index (χ3v) is 2.30. The number of hydrogen-bond acceptors (Lipinski definition) is 1. The zero-order valence-electron chi connectivity index (χ0n) is 8.62. The number of aryl methyl sites for hydroxylation is 4. The summed E-state index contributed by atoms with van der Waals surface area (Å²) in [6.07, 6.45) is 8.13. The maximum absolute atomic E-state index is 4.28. The summed E-state index contributed by atoms with van der Waals surface area (Å²) in [6.45, 7) is 2.03. The van der Waals surface area contributed by atoms with Crippen LogP contribution < -0.4 is 0 Å². The Kier molecular flexibility index (Phi) is 2.39. The van der Waals surface area contributed by atoms with E-state index in [4.69, 9.17) is 0 Å². The molecule has 2 aromatic heterocycles. The summed E-state index contributed by atoms with van der Waals surface area (Å²) in [5.41, 5.74) is 2.50. The Bertz CT molecular complexity index is 371. The maximum atomic E-state index is 4.28. The van der Waals surface area contributed by atoms with E-state index in [0.717, 1.165) is 24.4 Å². The minimum Gasteiger partial charge on any atom is -0.357 e. The first-order valence-electron chi connectivity index (χ1n) is 4.85. The van der Waals surface area contributed by atoms with Crippen LogP contribution in [0.4, 0.5) is 0 Å². The normalized spacial score (nSPS) is 10.7. The predicted octanol–water partition coefficient (Wildman–Crippen LogP) is 1.84. The lowest BCUT2D eigenvalue weighted by Crippen LogP contribution is -1.92. The molecule has 1 N–H and O–H groups in total. The highest BCUT2D eigenvalue weighted by molar-refractivity contribution is 5.11. The molecule has 0 aliphatic rings. The van der Waals surface area contributed by atoms with Gasteiger partial charge in [0, 0.05) is 37.8 Å². The van der Waals surface area contributed by atoms with Crippen molar-refractivity contribution in [2.24, 2.45) is 7.05 Å². The number of H-pyrrole nitrogens is 1. The van der Waals surface area contributed by atoms with Crippen LogP contribution in [0, 0.1) is 6.92 Å². The summed E-state index contributed by atoms with van der Waals surface area (Å²) in [6, 6.07) is 2.15. The minimum atomic E-state index is 0.984. The molecule has 14 heavy (non-hydrogen) atoms. The van der Waals surface area contributed by atoms with Crippen molar-refractivity contribution in [3.05, 3.63) is 41.7 Å². The van der Waals surface area contributed by atoms with Crippen molar-refractivity contribution in [3.63, 3.8) is 0 Å². The molecule has 0 radical (unpaired) electrons. The van der Waals surface area contributed by atoms with Crippen molar-refractivity contribution in [2.45, 2.75) is 19.8 Å². The summed E-state index contributed by atoms with van der Waals surface area (Å²) < 4.78 is 2.07. The highest BCUT2D eigenvalue weighted by Gasteiger charge is 1.99. The molecule has 0 amide bonds. The first kappa shape index (κ1) is 9.06. The zero-order valence-corrected chi connectivity index (χ0v) is 8.62. The molecule has 0 aliphatic carbocycles. The van der Waals surface area contributed by atoms with Gasteiger partial charge in [-0.2, -0.15) is 0 Å². The number of nitrogens with zero attached hydrogens (tertiary/aromatic N) is 2. The molecule has 2 aromatic rings. The third kappa shape index (κ3) is 2.05. The van der Waals surface area contributed by atoms with E-state index in [1.54, 1.807) is 0 Å². The monoisotopic (exact) mass is 189 g/mol. The van der Waals surface area contributed by atoms with Gasteiger partial charge in [0.1, 0.15) is 5.82 Å². The molecule has 0 saturated carbocycles. The SMILES string of the molecule is Cc1cnc(CCc2ccn(C)c2)[nH]1. The van der Waals surface area contributed by atoms with Gasteiger partial charge in [-0.15, -0.1) is 0 Å². The molecule has 0 aromatic carbocycles. The van der Waals surface area contributed by atoms with Crippen molar-refractivity contribution in [1.29, 1.82) is 0 Å². The summed E-state index contributed by atoms with van der Waals surface area (Å²) in [7, 11) is 2.04. The topological polar surface area (TPSA) is 33.6 Å². The fraction of sp³-hybridized carbons (Fsp3) is 0.364. The number of hydrogen-bond donors (Lipinski definition) is 1. The van der Waals surface area contributed by atoms with Gasteiger partial charge in [0.25, 0.3) is 0 Å². The Balaban J connectivity index is 1.94. The van der Waals surface area contributed by atoms with Gasteiger partial charge in [-0.25, -0.2) is 4.98 Å². The molecule has 0 atom stereocenters. The van der Waals surface area contributed by atoms with Gasteiger partial charge >= 0.3 is 0 Å². The molecule has 0 saturated heterocycles. The van der Waals surface area contributed by atoms with Crippen molar-refractivity contribution >= 4 is 0 Å². The highest BCUT2D eigenvalue weighted by atomic mass is 14.9. The van der Waals surface area contributed by atoms with Gasteiger partial charge in [-0.3, -0.25) is 0 Å². The van der Waals surface area contributed by atoms with Crippen LogP contribution in [0.5, 0.6) is 0 Å². The number of aromatic nitrogens is 3. The second-order valence-corrected chi connectivity index (χ2v) is 3.70. The van der Waals surface area contributed by atoms with E-state index in [9.17, 15) is 0 Å². The molecule has 0 fully saturated rings. The van der Waals surface area contributed by atoms with E-state index in [1.165, 1.54) is 5.56 Å². The molecular formula is C11H15N3. The van der Waals surface area contributed by atoms with Crippen molar-refractivity contribution < 1.29 is 0 Å². The molecule has 0 unspecified atom stereocenters. The van der Waals surface area contributed by atoms with E-state index in [2.05, 4.69) is 33.0 Å². The number of nitrogens with one attached hydrogen (secondary N) is 1. The second kappa shape index (κ2) is 3.70. The maximum Gasteiger partial charge on any atom is 0.106 e. The van der Waals surface area contributed by atoms with Crippen LogP contribution >= 0.6 is 0 Å². The van der Waals surface area contributed by atoms with E-state index >= 15 is 0 Å². The van der Waals surface area contributed by atoms with Crippen LogP contribution in [-0.2, 0) is 19.9 Å². The smallest absolute Gasteiger partial charge is 0.106 e. The van der Waals surface area contributed by atoms with Gasteiger partial charge in [0.2, 0.25) is 0 Å². The predicted molar refractivity (Wildman–Crippen MR) is 56.1 cm³/mol. The van der Waals surface area contributed by atoms with Gasteiger partial charge in [-0.05, 0) is 25.0 Å². The Morgan fingerprint density at radius 3 is 2.86 bits per heavy atom. The first-order chi connectivity index (χ1) is 6.74. The molecule has 0 bridgehead atoms. The Hall–Kier alpha value is -1.51. The number of aromatic amines is 1. The second-order valence-electron chi connectivity index (χ2n) is 3.70. The van der Waals surface area contributed by atoms with Gasteiger partial charge in [0.15, 0.2) is 0 Å². The Morgan fingerprint density at radius 1 is 1.43 bits per heavy atom. The molecule has 3 nitrogen and oxygen atoms in total. The molecule has 2 rings (SSSR count). The lowest BCUT2D eigenvalue weighted by molar-refractivity contribution is 0.867. The fourth-order valence-electron chi connectivity index (χ4n) is 1.57. The van der Waals surface area contributed by atoms with Crippen LogP contribution in [0.3, 0.4) is 0 Å². The standard InChI is InChI=1S/C11H15N3/c1-9-7-12-11(13-9)4-3-10-5-6-14(2)8-10/h5-8H,3-4H2,1-2H3,(H,12,13). The molecule has 2 heterocycles. The molecular weight excluding hydrogens is 174 g/mol. The van der Waals surface area contributed by atoms with Gasteiger partial charge < -0.3 is 9.55 Å². The number of rotatable bonds is 3. The Morgan fingerprint density at radius 2 is 2.29 bits per heavy atom. The minimum absolute atomic E-state index is 0.984. The van der Waals surface area contributed by atoms with E-state index in [1.807, 2.05) is 20.2 Å². The molecule has 74 valence electrons. The summed E-state index contributed by atoms with van der Waals surface area (Å²) >= 11 is 0. The first-order valence-corrected chi connectivity index (χ1v) is 4.85. The third-order valence-electron chi connectivity index (χ3n) is 2.30. The highest BCUT2D eigenvalue weighted by Crippen LogP contribution is 2.05. The zero-order chi connectivity index (χ0) is 9.97. The van der Waals surface area contributed by atoms with Crippen LogP contribution in [0.25, 0.3) is 0 Å². The van der Waals surface area contributed by atoms with E-state index < -0.39 is 0 Å². The van der Waals surface area contributed by atoms with Crippen LogP contribution in [-0.4, -0.2) is 14.5 Å². The summed E-state index contributed by atoms with van der Waals surface area (Å²) in [5.74, 6) is 1.08. The van der Waals surface area contributed by atoms with Crippen LogP contribution in [0.1, 0.15) is 17.1 Å². The van der Waals surface area contributed by atoms with Crippen molar-refractivity contribution in [1.82, 2.24) is 14.5 Å². The summed E-state index contributed by atoms with van der Waals surface area (Å²) in [4.78, 5) is 7.51. The van der Waals surface area contributed by atoms with Crippen molar-refractivity contribution in [3.8, 4) is 0 Å². The molecule has 0 aliphatic heterocycles. The lowest BCUT2D eigenvalue weighted by Gasteiger charge is -1.94. The number of imidazole rings is 1. The molecule has 3 heteroatoms. The lowest BCUT2D eigenvalue weighted by atomic mass is 10.2. The van der Waals surface area contributed by atoms with Gasteiger partial charge in [0.05, 0.1) is 0 Å². The van der Waals surface area contributed by atoms with E-state index in [-0.39, 0.29) is 0 Å². The fourth-order valence-corrected chi connectivity index (χ4v) is 1.57. The average molecular weight is 189 g/mol. The molecule has 0 spiro atoms. The van der Waals surface area contributed by atoms with E-state index in [0.29, 0.717) is 0 Å². The average Bonchev–Trinajstić information content (AvgIpc) is 2.72. The Labute approximate surface area is 83.8 Å². The van der Waals surface area contributed by atoms with Crippen LogP contribution in [0.2, 0.25) is 0 Å². The van der Waals surface area contributed by atoms with Gasteiger partial charge in [-0.1, -0.05) is 0 Å². The summed E-state index contributed by atoms with van der Waals surface area (Å²) in [5, 5.41) is 0. The quantitative estimate of drug-likeness (QED) is 0.785. The van der Waals surface area contributed by atoms with Crippen molar-refractivity contribution in [2.75, 3.05) is 0 Å². The van der Waals surface area contributed by atoms with Crippen LogP contribution in [0.15, 0.2) is 24.7 Å².